The summed E-state index contributed by atoms with van der Waals surface area (Å²) in [5, 5.41) is 23.0. The number of ether oxygens (including phenoxy) is 1. The molecule has 1 aliphatic rings. The summed E-state index contributed by atoms with van der Waals surface area (Å²) < 4.78 is 6.97. The summed E-state index contributed by atoms with van der Waals surface area (Å²) in [5.74, 6) is 0.402. The van der Waals surface area contributed by atoms with Crippen LogP contribution in [0.4, 0.5) is 0 Å². The maximum Gasteiger partial charge on any atom is 0.338 e. The lowest BCUT2D eigenvalue weighted by Gasteiger charge is -2.16. The number of nitriles is 1. The van der Waals surface area contributed by atoms with Crippen LogP contribution >= 0.6 is 0 Å². The molecule has 31 heavy (non-hydrogen) atoms. The van der Waals surface area contributed by atoms with Crippen molar-refractivity contribution in [3.63, 3.8) is 0 Å². The molecule has 2 aromatic heterocycles. The van der Waals surface area contributed by atoms with Crippen molar-refractivity contribution in [1.29, 1.82) is 5.26 Å². The zero-order chi connectivity index (χ0) is 22.1. The van der Waals surface area contributed by atoms with Crippen LogP contribution in [0.2, 0.25) is 0 Å². The highest BCUT2D eigenvalue weighted by molar-refractivity contribution is 5.93. The molecule has 1 atom stereocenters. The lowest BCUT2D eigenvalue weighted by atomic mass is 9.95. The highest BCUT2D eigenvalue weighted by Crippen LogP contribution is 2.29. The smallest absolute Gasteiger partial charge is 0.338 e. The van der Waals surface area contributed by atoms with E-state index in [0.717, 1.165) is 27.9 Å². The molecule has 8 heteroatoms. The van der Waals surface area contributed by atoms with Gasteiger partial charge in [-0.05, 0) is 42.7 Å². The zero-order valence-corrected chi connectivity index (χ0v) is 17.6. The van der Waals surface area contributed by atoms with Gasteiger partial charge in [-0.1, -0.05) is 6.07 Å². The standard InChI is InChI=1S/C23H23N5O3/c1-13-6-20(26-8-15(13)7-24)22-27-16(11-28(22)3)9-25-10-21(29)17-4-5-18-19(14(17)2)12-31-23(18)30/h4-6,8,11,21,25,29H,9-10,12H2,1-3H3/t21-/m0/s1. The van der Waals surface area contributed by atoms with Crippen molar-refractivity contribution < 1.29 is 14.6 Å². The summed E-state index contributed by atoms with van der Waals surface area (Å²) >= 11 is 0. The monoisotopic (exact) mass is 417 g/mol. The molecule has 0 aliphatic carbocycles. The predicted octanol–water partition coefficient (Wildman–Crippen LogP) is 2.46. The van der Waals surface area contributed by atoms with Gasteiger partial charge in [0.1, 0.15) is 18.4 Å². The summed E-state index contributed by atoms with van der Waals surface area (Å²) in [6.45, 7) is 4.85. The van der Waals surface area contributed by atoms with E-state index in [2.05, 4.69) is 21.4 Å². The van der Waals surface area contributed by atoms with Crippen LogP contribution in [0.15, 0.2) is 30.6 Å². The molecule has 2 N–H and O–H groups in total. The van der Waals surface area contributed by atoms with Gasteiger partial charge < -0.3 is 19.7 Å². The molecular formula is C23H23N5O3. The number of cyclic esters (lactones) is 1. The van der Waals surface area contributed by atoms with Crippen molar-refractivity contribution in [3.05, 3.63) is 69.7 Å². The summed E-state index contributed by atoms with van der Waals surface area (Å²) in [6, 6.07) is 7.47. The molecule has 0 amide bonds. The van der Waals surface area contributed by atoms with Gasteiger partial charge >= 0.3 is 5.97 Å². The van der Waals surface area contributed by atoms with Crippen LogP contribution < -0.4 is 5.32 Å². The average Bonchev–Trinajstić information content (AvgIpc) is 3.31. The van der Waals surface area contributed by atoms with Crippen LogP contribution in [0.1, 0.15) is 50.0 Å². The Balaban J connectivity index is 1.42. The fourth-order valence-electron chi connectivity index (χ4n) is 3.82. The van der Waals surface area contributed by atoms with Crippen LogP contribution in [0.5, 0.6) is 0 Å². The SMILES string of the molecule is Cc1cc(-c2nc(CNC[C@H](O)c3ccc4c(c3C)COC4=O)cn2C)ncc1C#N. The second kappa shape index (κ2) is 8.30. The number of rotatable bonds is 6. The Morgan fingerprint density at radius 2 is 2.19 bits per heavy atom. The number of aromatic nitrogens is 3. The highest BCUT2D eigenvalue weighted by Gasteiger charge is 2.25. The maximum atomic E-state index is 11.7. The van der Waals surface area contributed by atoms with Gasteiger partial charge in [0, 0.05) is 38.1 Å². The molecule has 8 nitrogen and oxygen atoms in total. The van der Waals surface area contributed by atoms with Gasteiger partial charge in [0.15, 0.2) is 5.82 Å². The molecule has 0 bridgehead atoms. The zero-order valence-electron chi connectivity index (χ0n) is 17.6. The summed E-state index contributed by atoms with van der Waals surface area (Å²) in [5.41, 5.74) is 6.02. The van der Waals surface area contributed by atoms with Gasteiger partial charge in [-0.2, -0.15) is 5.26 Å². The maximum absolute atomic E-state index is 11.7. The summed E-state index contributed by atoms with van der Waals surface area (Å²) in [6.07, 6.45) is 2.76. The Hall–Kier alpha value is -3.54. The van der Waals surface area contributed by atoms with E-state index >= 15 is 0 Å². The fraction of sp³-hybridized carbons (Fsp3) is 0.304. The second-order valence-corrected chi connectivity index (χ2v) is 7.69. The largest absolute Gasteiger partial charge is 0.457 e. The van der Waals surface area contributed by atoms with E-state index in [4.69, 9.17) is 10.00 Å². The number of carbonyl (C=O) groups is 1. The number of nitrogens with zero attached hydrogens (tertiary/aromatic N) is 4. The quantitative estimate of drug-likeness (QED) is 0.592. The number of nitrogens with one attached hydrogen (secondary N) is 1. The number of fused-ring (bicyclic) bond motifs is 1. The average molecular weight is 417 g/mol. The number of aryl methyl sites for hydroxylation is 2. The predicted molar refractivity (Wildman–Crippen MR) is 113 cm³/mol. The second-order valence-electron chi connectivity index (χ2n) is 7.69. The van der Waals surface area contributed by atoms with Crippen molar-refractivity contribution in [2.45, 2.75) is 33.1 Å². The van der Waals surface area contributed by atoms with Crippen LogP contribution in [0.25, 0.3) is 11.5 Å². The van der Waals surface area contributed by atoms with Crippen molar-refractivity contribution in [2.24, 2.45) is 7.05 Å². The first-order valence-electron chi connectivity index (χ1n) is 9.96. The lowest BCUT2D eigenvalue weighted by Crippen LogP contribution is -2.22. The Morgan fingerprint density at radius 3 is 2.94 bits per heavy atom. The Labute approximate surface area is 180 Å². The third kappa shape index (κ3) is 3.93. The van der Waals surface area contributed by atoms with E-state index < -0.39 is 6.10 Å². The number of carbonyl (C=O) groups excluding carboxylic acids is 1. The minimum absolute atomic E-state index is 0.257. The molecule has 0 unspecified atom stereocenters. The summed E-state index contributed by atoms with van der Waals surface area (Å²) in [4.78, 5) is 20.7. The topological polar surface area (TPSA) is 113 Å². The van der Waals surface area contributed by atoms with Crippen LogP contribution in [0.3, 0.4) is 0 Å². The van der Waals surface area contributed by atoms with E-state index in [9.17, 15) is 9.90 Å². The normalized spacial score (nSPS) is 13.6. The molecular weight excluding hydrogens is 394 g/mol. The molecule has 4 rings (SSSR count). The number of pyridine rings is 1. The first kappa shape index (κ1) is 20.7. The molecule has 158 valence electrons. The number of imidazole rings is 1. The molecule has 0 fully saturated rings. The number of hydrogen-bond acceptors (Lipinski definition) is 7. The first-order chi connectivity index (χ1) is 14.9. The molecule has 1 aliphatic heterocycles. The van der Waals surface area contributed by atoms with Gasteiger partial charge in [-0.25, -0.2) is 9.78 Å². The van der Waals surface area contributed by atoms with E-state index in [1.54, 1.807) is 18.3 Å². The Morgan fingerprint density at radius 1 is 1.39 bits per heavy atom. The fourth-order valence-corrected chi connectivity index (χ4v) is 3.82. The van der Waals surface area contributed by atoms with Gasteiger partial charge in [-0.3, -0.25) is 4.98 Å². The van der Waals surface area contributed by atoms with E-state index in [1.165, 1.54) is 0 Å². The van der Waals surface area contributed by atoms with Crippen LogP contribution in [-0.4, -0.2) is 32.2 Å². The van der Waals surface area contributed by atoms with Crippen molar-refractivity contribution in [2.75, 3.05) is 6.54 Å². The van der Waals surface area contributed by atoms with Crippen molar-refractivity contribution in [1.82, 2.24) is 19.9 Å². The number of hydrogen-bond donors (Lipinski definition) is 2. The van der Waals surface area contributed by atoms with E-state index in [0.29, 0.717) is 35.7 Å². The van der Waals surface area contributed by atoms with Gasteiger partial charge in [0.25, 0.3) is 0 Å². The molecule has 0 radical (unpaired) electrons. The molecule has 3 aromatic rings. The van der Waals surface area contributed by atoms with Gasteiger partial charge in [0.05, 0.1) is 22.9 Å². The number of aliphatic hydroxyl groups excluding tert-OH is 1. The van der Waals surface area contributed by atoms with Gasteiger partial charge in [-0.15, -0.1) is 0 Å². The number of esters is 1. The van der Waals surface area contributed by atoms with Crippen LogP contribution in [-0.2, 0) is 24.9 Å². The number of aliphatic hydroxyl groups is 1. The Kier molecular flexibility index (Phi) is 5.55. The first-order valence-corrected chi connectivity index (χ1v) is 9.96. The summed E-state index contributed by atoms with van der Waals surface area (Å²) in [7, 11) is 1.90. The lowest BCUT2D eigenvalue weighted by molar-refractivity contribution is 0.0535. The van der Waals surface area contributed by atoms with Crippen molar-refractivity contribution in [3.8, 4) is 17.6 Å². The molecule has 0 spiro atoms. The highest BCUT2D eigenvalue weighted by atomic mass is 16.5. The van der Waals surface area contributed by atoms with Crippen molar-refractivity contribution >= 4 is 5.97 Å². The van der Waals surface area contributed by atoms with E-state index in [-0.39, 0.29) is 12.6 Å². The third-order valence-corrected chi connectivity index (χ3v) is 5.60. The molecule has 3 heterocycles. The van der Waals surface area contributed by atoms with E-state index in [1.807, 2.05) is 37.7 Å². The van der Waals surface area contributed by atoms with Gasteiger partial charge in [0.2, 0.25) is 0 Å². The number of benzene rings is 1. The molecule has 1 aromatic carbocycles. The Bertz CT molecular complexity index is 1210. The third-order valence-electron chi connectivity index (χ3n) is 5.60. The minimum Gasteiger partial charge on any atom is -0.457 e. The van der Waals surface area contributed by atoms with Crippen LogP contribution in [0, 0.1) is 25.2 Å². The molecule has 0 saturated carbocycles. The molecule has 0 saturated heterocycles. The minimum atomic E-state index is -0.716.